The molecule has 0 spiro atoms. The predicted octanol–water partition coefficient (Wildman–Crippen LogP) is 5.07. The van der Waals surface area contributed by atoms with Gasteiger partial charge in [-0.25, -0.2) is 9.18 Å². The smallest absolute Gasteiger partial charge is 0.322 e. The zero-order chi connectivity index (χ0) is 28.8. The van der Waals surface area contributed by atoms with Crippen LogP contribution in [-0.2, 0) is 0 Å². The van der Waals surface area contributed by atoms with Crippen LogP contribution in [0.3, 0.4) is 0 Å². The first-order valence-electron chi connectivity index (χ1n) is 13.9. The first-order valence-corrected chi connectivity index (χ1v) is 13.9. The monoisotopic (exact) mass is 559 g/mol. The summed E-state index contributed by atoms with van der Waals surface area (Å²) < 4.78 is 19.2. The first kappa shape index (κ1) is 27.9. The lowest BCUT2D eigenvalue weighted by atomic mass is 10.1. The molecule has 2 heterocycles. The molecular weight excluding hydrogens is 525 g/mol. The molecule has 214 valence electrons. The van der Waals surface area contributed by atoms with Crippen LogP contribution in [0.5, 0.6) is 5.75 Å². The van der Waals surface area contributed by atoms with E-state index in [-0.39, 0.29) is 23.5 Å². The molecule has 2 fully saturated rings. The number of nitrogens with zero attached hydrogens (tertiary/aromatic N) is 3. The van der Waals surface area contributed by atoms with Crippen molar-refractivity contribution in [3.63, 3.8) is 0 Å². The van der Waals surface area contributed by atoms with Gasteiger partial charge in [0.1, 0.15) is 11.6 Å². The Hall–Kier alpha value is -4.60. The Morgan fingerprint density at radius 2 is 1.54 bits per heavy atom. The van der Waals surface area contributed by atoms with E-state index in [9.17, 15) is 18.8 Å². The fraction of sp³-hybridized carbons (Fsp3) is 0.323. The predicted molar refractivity (Wildman–Crippen MR) is 156 cm³/mol. The highest BCUT2D eigenvalue weighted by Gasteiger charge is 2.27. The van der Waals surface area contributed by atoms with E-state index in [2.05, 4.69) is 15.5 Å². The molecule has 0 saturated carbocycles. The molecule has 9 nitrogen and oxygen atoms in total. The number of ether oxygens (including phenoxy) is 1. The molecule has 0 aliphatic carbocycles. The van der Waals surface area contributed by atoms with Gasteiger partial charge < -0.3 is 30.1 Å². The largest absolute Gasteiger partial charge is 0.497 e. The highest BCUT2D eigenvalue weighted by atomic mass is 19.1. The molecule has 3 aromatic carbocycles. The number of hydrogen-bond acceptors (Lipinski definition) is 5. The van der Waals surface area contributed by atoms with E-state index < -0.39 is 5.82 Å². The summed E-state index contributed by atoms with van der Waals surface area (Å²) >= 11 is 0. The number of carbonyl (C=O) groups is 3. The van der Waals surface area contributed by atoms with Gasteiger partial charge in [-0.15, -0.1) is 0 Å². The quantitative estimate of drug-likeness (QED) is 0.440. The van der Waals surface area contributed by atoms with Gasteiger partial charge in [0.15, 0.2) is 0 Å². The van der Waals surface area contributed by atoms with Crippen molar-refractivity contribution in [2.24, 2.45) is 0 Å². The molecule has 0 atom stereocenters. The number of piperazine rings is 1. The number of rotatable bonds is 6. The molecule has 0 unspecified atom stereocenters. The van der Waals surface area contributed by atoms with Crippen LogP contribution in [-0.4, -0.2) is 74.0 Å². The number of benzene rings is 3. The Bertz CT molecular complexity index is 1420. The topological polar surface area (TPSA) is 94.2 Å². The van der Waals surface area contributed by atoms with Crippen molar-refractivity contribution in [2.45, 2.75) is 19.3 Å². The molecule has 3 aromatic rings. The molecule has 2 saturated heterocycles. The summed E-state index contributed by atoms with van der Waals surface area (Å²) in [5.41, 5.74) is 2.38. The second-order valence-corrected chi connectivity index (χ2v) is 10.2. The number of amides is 4. The van der Waals surface area contributed by atoms with E-state index >= 15 is 0 Å². The number of para-hydroxylation sites is 1. The summed E-state index contributed by atoms with van der Waals surface area (Å²) in [5.74, 6) is -0.283. The third kappa shape index (κ3) is 6.59. The molecule has 5 rings (SSSR count). The van der Waals surface area contributed by atoms with Gasteiger partial charge in [-0.1, -0.05) is 18.2 Å². The molecule has 2 aliphatic heterocycles. The number of halogens is 1. The Labute approximate surface area is 238 Å². The van der Waals surface area contributed by atoms with Gasteiger partial charge >= 0.3 is 6.03 Å². The lowest BCUT2D eigenvalue weighted by molar-refractivity contribution is 0.0724. The molecule has 2 aliphatic rings. The lowest BCUT2D eigenvalue weighted by Gasteiger charge is -2.37. The molecule has 4 amide bonds. The van der Waals surface area contributed by atoms with Gasteiger partial charge in [0.2, 0.25) is 0 Å². The van der Waals surface area contributed by atoms with Crippen molar-refractivity contribution >= 4 is 34.9 Å². The summed E-state index contributed by atoms with van der Waals surface area (Å²) in [6, 6.07) is 18.0. The molecule has 41 heavy (non-hydrogen) atoms. The number of likely N-dealkylation sites (tertiary alicyclic amines) is 1. The molecular formula is C31H34FN5O4. The van der Waals surface area contributed by atoms with Crippen molar-refractivity contribution in [1.29, 1.82) is 0 Å². The van der Waals surface area contributed by atoms with E-state index in [1.165, 1.54) is 12.1 Å². The summed E-state index contributed by atoms with van der Waals surface area (Å²) in [6.45, 7) is 3.21. The number of methoxy groups -OCH3 is 1. The van der Waals surface area contributed by atoms with E-state index in [1.54, 1.807) is 60.5 Å². The van der Waals surface area contributed by atoms with Crippen LogP contribution in [0.2, 0.25) is 0 Å². The highest BCUT2D eigenvalue weighted by molar-refractivity contribution is 6.06. The van der Waals surface area contributed by atoms with Crippen LogP contribution in [0.15, 0.2) is 66.7 Å². The van der Waals surface area contributed by atoms with Crippen LogP contribution >= 0.6 is 0 Å². The Morgan fingerprint density at radius 3 is 2.27 bits per heavy atom. The highest BCUT2D eigenvalue weighted by Crippen LogP contribution is 2.29. The number of hydrogen-bond donors (Lipinski definition) is 2. The number of anilines is 3. The standard InChI is InChI=1S/C31H34FN5O4/c1-41-24-9-7-8-22(20-24)29(38)33-23-12-13-28(25(21-23)30(39)36-14-5-2-6-15-36)35-16-18-37(19-17-35)31(40)34-27-11-4-3-10-26(27)32/h3-4,7-13,20-21H,2,5-6,14-19H2,1H3,(H,33,38)(H,34,40). The fourth-order valence-electron chi connectivity index (χ4n) is 5.20. The van der Waals surface area contributed by atoms with Crippen molar-refractivity contribution in [3.05, 3.63) is 83.7 Å². The summed E-state index contributed by atoms with van der Waals surface area (Å²) in [5, 5.41) is 5.55. The normalized spacial score (nSPS) is 15.3. The summed E-state index contributed by atoms with van der Waals surface area (Å²) in [4.78, 5) is 45.0. The maximum atomic E-state index is 14.0. The van der Waals surface area contributed by atoms with Crippen molar-refractivity contribution in [1.82, 2.24) is 9.80 Å². The maximum Gasteiger partial charge on any atom is 0.322 e. The second-order valence-electron chi connectivity index (χ2n) is 10.2. The van der Waals surface area contributed by atoms with Gasteiger partial charge in [0, 0.05) is 56.2 Å². The Balaban J connectivity index is 1.33. The van der Waals surface area contributed by atoms with Crippen molar-refractivity contribution < 1.29 is 23.5 Å². The second kappa shape index (κ2) is 12.7. The minimum absolute atomic E-state index is 0.0723. The van der Waals surface area contributed by atoms with E-state index in [0.29, 0.717) is 61.8 Å². The van der Waals surface area contributed by atoms with E-state index in [0.717, 1.165) is 24.9 Å². The Kier molecular flexibility index (Phi) is 8.67. The zero-order valence-electron chi connectivity index (χ0n) is 23.1. The minimum atomic E-state index is -0.487. The van der Waals surface area contributed by atoms with Crippen LogP contribution < -0.4 is 20.3 Å². The minimum Gasteiger partial charge on any atom is -0.497 e. The van der Waals surface area contributed by atoms with Gasteiger partial charge in [0.05, 0.1) is 18.4 Å². The number of carbonyl (C=O) groups excluding carboxylic acids is 3. The van der Waals surface area contributed by atoms with Crippen molar-refractivity contribution in [3.8, 4) is 5.75 Å². The van der Waals surface area contributed by atoms with Gasteiger partial charge in [-0.2, -0.15) is 0 Å². The van der Waals surface area contributed by atoms with Crippen molar-refractivity contribution in [2.75, 3.05) is 61.9 Å². The average molecular weight is 560 g/mol. The van der Waals surface area contributed by atoms with Gasteiger partial charge in [0.25, 0.3) is 11.8 Å². The van der Waals surface area contributed by atoms with E-state index in [4.69, 9.17) is 4.74 Å². The maximum absolute atomic E-state index is 14.0. The number of nitrogens with one attached hydrogen (secondary N) is 2. The molecule has 2 N–H and O–H groups in total. The van der Waals surface area contributed by atoms with Crippen LogP contribution in [0.25, 0.3) is 0 Å². The molecule has 0 radical (unpaired) electrons. The van der Waals surface area contributed by atoms with Crippen LogP contribution in [0.4, 0.5) is 26.2 Å². The lowest BCUT2D eigenvalue weighted by Crippen LogP contribution is -2.50. The summed E-state index contributed by atoms with van der Waals surface area (Å²) in [7, 11) is 1.55. The average Bonchev–Trinajstić information content (AvgIpc) is 3.02. The van der Waals surface area contributed by atoms with Crippen LogP contribution in [0.1, 0.15) is 40.0 Å². The number of urea groups is 1. The first-order chi connectivity index (χ1) is 19.9. The number of piperidine rings is 1. The third-order valence-electron chi connectivity index (χ3n) is 7.48. The summed E-state index contributed by atoms with van der Waals surface area (Å²) in [6.07, 6.45) is 3.02. The molecule has 10 heteroatoms. The SMILES string of the molecule is COc1cccc(C(=O)Nc2ccc(N3CCN(C(=O)Nc4ccccc4F)CC3)c(C(=O)N3CCCCC3)c2)c1. The molecule has 0 aromatic heterocycles. The fourth-order valence-corrected chi connectivity index (χ4v) is 5.20. The van der Waals surface area contributed by atoms with Gasteiger partial charge in [-0.05, 0) is 67.8 Å². The Morgan fingerprint density at radius 1 is 0.780 bits per heavy atom. The zero-order valence-corrected chi connectivity index (χ0v) is 23.1. The third-order valence-corrected chi connectivity index (χ3v) is 7.48. The molecule has 0 bridgehead atoms. The van der Waals surface area contributed by atoms with Crippen LogP contribution in [0, 0.1) is 5.82 Å². The van der Waals surface area contributed by atoms with Gasteiger partial charge in [-0.3, -0.25) is 9.59 Å². The van der Waals surface area contributed by atoms with E-state index in [1.807, 2.05) is 11.0 Å².